The normalized spacial score (nSPS) is 15.0. The fourth-order valence-electron chi connectivity index (χ4n) is 1.83. The molecule has 0 radical (unpaired) electrons. The second-order valence-corrected chi connectivity index (χ2v) is 5.07. The van der Waals surface area contributed by atoms with E-state index in [9.17, 15) is 10.2 Å². The number of hydrogen-bond acceptors (Lipinski definition) is 4. The second kappa shape index (κ2) is 5.60. The highest BCUT2D eigenvalue weighted by Gasteiger charge is 2.18. The van der Waals surface area contributed by atoms with Gasteiger partial charge in [-0.15, -0.1) is 11.3 Å². The van der Waals surface area contributed by atoms with Gasteiger partial charge in [-0.3, -0.25) is 0 Å². The summed E-state index contributed by atoms with van der Waals surface area (Å²) in [6.07, 6.45) is -0.991. The van der Waals surface area contributed by atoms with Crippen LogP contribution >= 0.6 is 11.3 Å². The molecule has 2 aromatic rings. The zero-order valence-corrected chi connectivity index (χ0v) is 10.6. The van der Waals surface area contributed by atoms with Gasteiger partial charge in [0.05, 0.1) is 6.10 Å². The summed E-state index contributed by atoms with van der Waals surface area (Å²) in [5.74, 6) is 0. The number of benzene rings is 1. The lowest BCUT2D eigenvalue weighted by atomic mass is 10.0. The molecule has 0 aliphatic carbocycles. The van der Waals surface area contributed by atoms with E-state index >= 15 is 0 Å². The molecule has 0 spiro atoms. The minimum atomic E-state index is -0.810. The Morgan fingerprint density at radius 1 is 1.29 bits per heavy atom. The van der Waals surface area contributed by atoms with Crippen LogP contribution in [0.15, 0.2) is 29.6 Å². The summed E-state index contributed by atoms with van der Waals surface area (Å²) in [5.41, 5.74) is 0.781. The SMILES string of the molecule is CNCCC(O)C(O)c1ccc2ccsc2c1. The Balaban J connectivity index is 2.14. The van der Waals surface area contributed by atoms with E-state index in [-0.39, 0.29) is 0 Å². The van der Waals surface area contributed by atoms with Crippen molar-refractivity contribution in [2.24, 2.45) is 0 Å². The average molecular weight is 251 g/mol. The summed E-state index contributed by atoms with van der Waals surface area (Å²) in [7, 11) is 1.83. The quantitative estimate of drug-likeness (QED) is 0.761. The van der Waals surface area contributed by atoms with Gasteiger partial charge in [0.1, 0.15) is 6.10 Å². The molecule has 0 amide bonds. The van der Waals surface area contributed by atoms with E-state index < -0.39 is 12.2 Å². The maximum atomic E-state index is 10.0. The van der Waals surface area contributed by atoms with Crippen molar-refractivity contribution < 1.29 is 10.2 Å². The van der Waals surface area contributed by atoms with Crippen LogP contribution in [-0.4, -0.2) is 29.9 Å². The lowest BCUT2D eigenvalue weighted by Gasteiger charge is -2.18. The lowest BCUT2D eigenvalue weighted by molar-refractivity contribution is 0.0141. The third kappa shape index (κ3) is 2.84. The topological polar surface area (TPSA) is 52.5 Å². The molecule has 3 N–H and O–H groups in total. The molecule has 0 saturated carbocycles. The van der Waals surface area contributed by atoms with E-state index in [4.69, 9.17) is 0 Å². The Morgan fingerprint density at radius 2 is 2.12 bits per heavy atom. The fourth-order valence-corrected chi connectivity index (χ4v) is 2.67. The first-order valence-corrected chi connectivity index (χ1v) is 6.58. The minimum Gasteiger partial charge on any atom is -0.390 e. The predicted octanol–water partition coefficient (Wildman–Crippen LogP) is 1.91. The maximum absolute atomic E-state index is 10.0. The van der Waals surface area contributed by atoms with Crippen LogP contribution in [0.3, 0.4) is 0 Å². The molecule has 1 aromatic heterocycles. The molecule has 1 aromatic carbocycles. The zero-order valence-electron chi connectivity index (χ0n) is 9.76. The van der Waals surface area contributed by atoms with Crippen molar-refractivity contribution in [3.8, 4) is 0 Å². The van der Waals surface area contributed by atoms with Gasteiger partial charge in [-0.2, -0.15) is 0 Å². The maximum Gasteiger partial charge on any atom is 0.105 e. The van der Waals surface area contributed by atoms with Crippen molar-refractivity contribution in [3.63, 3.8) is 0 Å². The smallest absolute Gasteiger partial charge is 0.105 e. The lowest BCUT2D eigenvalue weighted by Crippen LogP contribution is -2.23. The second-order valence-electron chi connectivity index (χ2n) is 4.12. The highest BCUT2D eigenvalue weighted by atomic mass is 32.1. The van der Waals surface area contributed by atoms with Gasteiger partial charge in [0, 0.05) is 4.70 Å². The number of nitrogens with one attached hydrogen (secondary N) is 1. The molecule has 4 heteroatoms. The number of aliphatic hydroxyl groups excluding tert-OH is 2. The van der Waals surface area contributed by atoms with Crippen molar-refractivity contribution in [1.29, 1.82) is 0 Å². The molecule has 2 unspecified atom stereocenters. The first-order chi connectivity index (χ1) is 8.22. The van der Waals surface area contributed by atoms with E-state index in [2.05, 4.69) is 5.32 Å². The van der Waals surface area contributed by atoms with E-state index in [1.54, 1.807) is 11.3 Å². The number of fused-ring (bicyclic) bond motifs is 1. The van der Waals surface area contributed by atoms with Crippen molar-refractivity contribution in [2.75, 3.05) is 13.6 Å². The minimum absolute atomic E-state index is 0.542. The van der Waals surface area contributed by atoms with Gasteiger partial charge in [-0.25, -0.2) is 0 Å². The van der Waals surface area contributed by atoms with Gasteiger partial charge in [0.15, 0.2) is 0 Å². The molecular formula is C13H17NO2S. The summed E-state index contributed by atoms with van der Waals surface area (Å²) >= 11 is 1.64. The van der Waals surface area contributed by atoms with Gasteiger partial charge in [-0.05, 0) is 48.5 Å². The number of aliphatic hydroxyl groups is 2. The number of thiophene rings is 1. The highest BCUT2D eigenvalue weighted by Crippen LogP contribution is 2.26. The molecule has 2 rings (SSSR count). The Bertz CT molecular complexity index is 483. The van der Waals surface area contributed by atoms with Crippen molar-refractivity contribution >= 4 is 21.4 Å². The molecule has 0 fully saturated rings. The molecule has 2 atom stereocenters. The summed E-state index contributed by atoms with van der Waals surface area (Å²) in [4.78, 5) is 0. The molecule has 0 saturated heterocycles. The van der Waals surface area contributed by atoms with Crippen LogP contribution in [0.4, 0.5) is 0 Å². The van der Waals surface area contributed by atoms with E-state index in [1.807, 2.05) is 36.7 Å². The summed E-state index contributed by atoms with van der Waals surface area (Å²) < 4.78 is 1.14. The van der Waals surface area contributed by atoms with Gasteiger partial charge >= 0.3 is 0 Å². The van der Waals surface area contributed by atoms with Gasteiger partial charge in [0.2, 0.25) is 0 Å². The van der Waals surface area contributed by atoms with Crippen molar-refractivity contribution in [2.45, 2.75) is 18.6 Å². The Morgan fingerprint density at radius 3 is 2.88 bits per heavy atom. The largest absolute Gasteiger partial charge is 0.390 e. The number of rotatable bonds is 5. The standard InChI is InChI=1S/C13H17NO2S/c1-14-6-4-11(15)13(16)10-3-2-9-5-7-17-12(9)8-10/h2-3,5,7-8,11,13-16H,4,6H2,1H3. The van der Waals surface area contributed by atoms with E-state index in [0.717, 1.165) is 10.3 Å². The highest BCUT2D eigenvalue weighted by molar-refractivity contribution is 7.17. The first kappa shape index (κ1) is 12.5. The number of hydrogen-bond donors (Lipinski definition) is 3. The first-order valence-electron chi connectivity index (χ1n) is 5.70. The zero-order chi connectivity index (χ0) is 12.3. The molecule has 0 aliphatic rings. The monoisotopic (exact) mass is 251 g/mol. The Kier molecular flexibility index (Phi) is 4.12. The molecule has 1 heterocycles. The fraction of sp³-hybridized carbons (Fsp3) is 0.385. The average Bonchev–Trinajstić information content (AvgIpc) is 2.81. The van der Waals surface area contributed by atoms with Crippen LogP contribution in [0.5, 0.6) is 0 Å². The Labute approximate surface area is 105 Å². The van der Waals surface area contributed by atoms with Crippen molar-refractivity contribution in [1.82, 2.24) is 5.32 Å². The predicted molar refractivity (Wildman–Crippen MR) is 71.3 cm³/mol. The third-order valence-electron chi connectivity index (χ3n) is 2.88. The van der Waals surface area contributed by atoms with Gasteiger partial charge in [0.25, 0.3) is 0 Å². The van der Waals surface area contributed by atoms with Gasteiger partial charge < -0.3 is 15.5 Å². The van der Waals surface area contributed by atoms with Crippen LogP contribution in [-0.2, 0) is 0 Å². The summed E-state index contributed by atoms with van der Waals surface area (Å²) in [5, 5.41) is 26.0. The van der Waals surface area contributed by atoms with Gasteiger partial charge in [-0.1, -0.05) is 12.1 Å². The van der Waals surface area contributed by atoms with Crippen LogP contribution < -0.4 is 5.32 Å². The third-order valence-corrected chi connectivity index (χ3v) is 3.76. The van der Waals surface area contributed by atoms with E-state index in [1.165, 1.54) is 5.39 Å². The molecule has 92 valence electrons. The molecular weight excluding hydrogens is 234 g/mol. The molecule has 0 bridgehead atoms. The van der Waals surface area contributed by atoms with Crippen LogP contribution in [0.2, 0.25) is 0 Å². The van der Waals surface area contributed by atoms with Crippen LogP contribution in [0, 0.1) is 0 Å². The Hall–Kier alpha value is -0.940. The van der Waals surface area contributed by atoms with Crippen LogP contribution in [0.25, 0.3) is 10.1 Å². The summed E-state index contributed by atoms with van der Waals surface area (Å²) in [6.45, 7) is 0.694. The molecule has 17 heavy (non-hydrogen) atoms. The van der Waals surface area contributed by atoms with Crippen molar-refractivity contribution in [3.05, 3.63) is 35.2 Å². The molecule has 3 nitrogen and oxygen atoms in total. The van der Waals surface area contributed by atoms with Crippen LogP contribution in [0.1, 0.15) is 18.1 Å². The molecule has 0 aliphatic heterocycles. The van der Waals surface area contributed by atoms with E-state index in [0.29, 0.717) is 13.0 Å². The summed E-state index contributed by atoms with van der Waals surface area (Å²) in [6, 6.07) is 7.86.